The summed E-state index contributed by atoms with van der Waals surface area (Å²) in [6.07, 6.45) is 7.79. The van der Waals surface area contributed by atoms with Crippen LogP contribution in [0.25, 0.3) is 11.0 Å². The van der Waals surface area contributed by atoms with Gasteiger partial charge in [0.25, 0.3) is 0 Å². The molecular weight excluding hydrogens is 416 g/mol. The van der Waals surface area contributed by atoms with E-state index in [2.05, 4.69) is 48.3 Å². The van der Waals surface area contributed by atoms with Gasteiger partial charge in [0.1, 0.15) is 16.8 Å². The van der Waals surface area contributed by atoms with Crippen molar-refractivity contribution in [2.75, 3.05) is 0 Å². The lowest BCUT2D eigenvalue weighted by molar-refractivity contribution is -0.120. The van der Waals surface area contributed by atoms with Gasteiger partial charge in [-0.15, -0.1) is 11.8 Å². The van der Waals surface area contributed by atoms with Crippen LogP contribution < -0.4 is 0 Å². The molecule has 1 aromatic carbocycles. The van der Waals surface area contributed by atoms with Crippen LogP contribution >= 0.6 is 11.8 Å². The number of hydrogen-bond donors (Lipinski definition) is 1. The van der Waals surface area contributed by atoms with Gasteiger partial charge in [0, 0.05) is 28.7 Å². The Hall–Kier alpha value is -2.21. The molecule has 0 spiro atoms. The smallest absolute Gasteiger partial charge is 0.140 e. The molecule has 0 amide bonds. The van der Waals surface area contributed by atoms with Crippen LogP contribution in [0, 0.1) is 0 Å². The second-order valence-corrected chi connectivity index (χ2v) is 11.3. The second kappa shape index (κ2) is 9.74. The van der Waals surface area contributed by atoms with Crippen LogP contribution in [0.3, 0.4) is 0 Å². The molecule has 1 aliphatic rings. The van der Waals surface area contributed by atoms with Crippen LogP contribution in [-0.4, -0.2) is 31.4 Å². The fourth-order valence-electron chi connectivity index (χ4n) is 4.31. The number of hydrogen-bond acceptors (Lipinski definition) is 5. The molecule has 1 aliphatic carbocycles. The Kier molecular flexibility index (Phi) is 6.99. The third-order valence-electron chi connectivity index (χ3n) is 6.50. The van der Waals surface area contributed by atoms with Crippen LogP contribution in [0.4, 0.5) is 0 Å². The topological polar surface area (TPSA) is 71.5 Å². The molecule has 170 valence electrons. The van der Waals surface area contributed by atoms with Crippen molar-refractivity contribution in [3.8, 4) is 0 Å². The van der Waals surface area contributed by atoms with E-state index in [9.17, 15) is 4.79 Å². The fraction of sp³-hybridized carbons (Fsp3) is 0.538. The van der Waals surface area contributed by atoms with E-state index in [0.717, 1.165) is 33.7 Å². The maximum Gasteiger partial charge on any atom is 0.140 e. The summed E-state index contributed by atoms with van der Waals surface area (Å²) in [7, 11) is 0. The number of nitrogens with zero attached hydrogens (tertiary/aromatic N) is 3. The standard InChI is InChI=1S/C26H34N4OS/c1-17(19-10-13-21-22(16-19)29-30-28-21)23(31)14-11-18-12-15-24(26(2,3)4)27-25(18)32-20-8-6-5-7-9-20/h10,12-13,15-17,20H,5-9,11,14H2,1-4H3,(H,28,29,30). The van der Waals surface area contributed by atoms with E-state index in [1.54, 1.807) is 0 Å². The number of aryl methyl sites for hydroxylation is 1. The lowest BCUT2D eigenvalue weighted by Crippen LogP contribution is -2.16. The summed E-state index contributed by atoms with van der Waals surface area (Å²) in [5, 5.41) is 12.7. The minimum Gasteiger partial charge on any atom is -0.299 e. The van der Waals surface area contributed by atoms with Crippen molar-refractivity contribution in [1.29, 1.82) is 0 Å². The average molecular weight is 451 g/mol. The molecule has 0 saturated heterocycles. The molecule has 1 N–H and O–H groups in total. The molecule has 4 rings (SSSR count). The Morgan fingerprint density at radius 2 is 1.84 bits per heavy atom. The van der Waals surface area contributed by atoms with Crippen LogP contribution in [0.1, 0.15) is 89.0 Å². The summed E-state index contributed by atoms with van der Waals surface area (Å²) in [6.45, 7) is 8.62. The predicted molar refractivity (Wildman–Crippen MR) is 131 cm³/mol. The van der Waals surface area contributed by atoms with Gasteiger partial charge in [-0.25, -0.2) is 4.98 Å². The van der Waals surface area contributed by atoms with Gasteiger partial charge in [0.05, 0.1) is 5.03 Å². The largest absolute Gasteiger partial charge is 0.299 e. The number of pyridine rings is 1. The molecule has 1 atom stereocenters. The zero-order valence-electron chi connectivity index (χ0n) is 19.6. The van der Waals surface area contributed by atoms with Gasteiger partial charge in [-0.3, -0.25) is 4.79 Å². The molecule has 0 radical (unpaired) electrons. The number of benzene rings is 1. The molecule has 2 heterocycles. The summed E-state index contributed by atoms with van der Waals surface area (Å²) in [5.74, 6) is 0.0914. The van der Waals surface area contributed by atoms with Crippen molar-refractivity contribution < 1.29 is 4.79 Å². The van der Waals surface area contributed by atoms with Gasteiger partial charge in [0.15, 0.2) is 0 Å². The minimum atomic E-state index is -0.160. The van der Waals surface area contributed by atoms with Crippen LogP contribution in [-0.2, 0) is 16.6 Å². The molecule has 5 nitrogen and oxygen atoms in total. The fourth-order valence-corrected chi connectivity index (χ4v) is 5.66. The number of aromatic amines is 1. The van der Waals surface area contributed by atoms with Gasteiger partial charge in [-0.1, -0.05) is 59.1 Å². The number of thioether (sulfide) groups is 1. The lowest BCUT2D eigenvalue weighted by atomic mass is 9.90. The van der Waals surface area contributed by atoms with Crippen molar-refractivity contribution in [2.24, 2.45) is 0 Å². The highest BCUT2D eigenvalue weighted by Crippen LogP contribution is 2.36. The number of carbonyl (C=O) groups is 1. The molecular formula is C26H34N4OS. The SMILES string of the molecule is CC(C(=O)CCc1ccc(C(C)(C)C)nc1SC1CCCCC1)c1ccc2n[nH]nc2c1. The number of rotatable bonds is 7. The third-order valence-corrected chi connectivity index (χ3v) is 7.88. The van der Waals surface area contributed by atoms with Crippen molar-refractivity contribution in [3.05, 3.63) is 47.2 Å². The van der Waals surface area contributed by atoms with Gasteiger partial charge < -0.3 is 0 Å². The Bertz CT molecular complexity index is 1080. The number of carbonyl (C=O) groups excluding carboxylic acids is 1. The number of aromatic nitrogens is 4. The predicted octanol–water partition coefficient (Wildman–Crippen LogP) is 6.38. The third kappa shape index (κ3) is 5.40. The van der Waals surface area contributed by atoms with Gasteiger partial charge >= 0.3 is 0 Å². The van der Waals surface area contributed by atoms with E-state index < -0.39 is 0 Å². The molecule has 0 aliphatic heterocycles. The first-order chi connectivity index (χ1) is 15.3. The van der Waals surface area contributed by atoms with Crippen molar-refractivity contribution in [3.63, 3.8) is 0 Å². The minimum absolute atomic E-state index is 0.0184. The van der Waals surface area contributed by atoms with E-state index >= 15 is 0 Å². The number of ketones is 1. The molecule has 1 saturated carbocycles. The van der Waals surface area contributed by atoms with E-state index in [0.29, 0.717) is 11.7 Å². The Morgan fingerprint density at radius 3 is 2.59 bits per heavy atom. The molecule has 6 heteroatoms. The number of Topliss-reactive ketones (excluding diaryl/α,β-unsaturated/α-hetero) is 1. The van der Waals surface area contributed by atoms with Crippen LogP contribution in [0.15, 0.2) is 35.4 Å². The van der Waals surface area contributed by atoms with Crippen molar-refractivity contribution >= 4 is 28.6 Å². The highest BCUT2D eigenvalue weighted by molar-refractivity contribution is 7.99. The van der Waals surface area contributed by atoms with E-state index in [-0.39, 0.29) is 17.1 Å². The van der Waals surface area contributed by atoms with Crippen LogP contribution in [0.2, 0.25) is 0 Å². The highest BCUT2D eigenvalue weighted by Gasteiger charge is 2.22. The Balaban J connectivity index is 1.48. The van der Waals surface area contributed by atoms with E-state index in [4.69, 9.17) is 4.98 Å². The quantitative estimate of drug-likeness (QED) is 0.452. The van der Waals surface area contributed by atoms with Crippen molar-refractivity contribution in [2.45, 2.75) is 94.2 Å². The first-order valence-corrected chi connectivity index (χ1v) is 12.7. The van der Waals surface area contributed by atoms with E-state index in [1.807, 2.05) is 36.9 Å². The zero-order valence-corrected chi connectivity index (χ0v) is 20.5. The first-order valence-electron chi connectivity index (χ1n) is 11.8. The Labute approximate surface area is 195 Å². The number of nitrogens with one attached hydrogen (secondary N) is 1. The normalized spacial score (nSPS) is 16.4. The summed E-state index contributed by atoms with van der Waals surface area (Å²) < 4.78 is 0. The molecule has 1 unspecified atom stereocenters. The molecule has 3 aromatic rings. The maximum atomic E-state index is 13.0. The lowest BCUT2D eigenvalue weighted by Gasteiger charge is -2.24. The van der Waals surface area contributed by atoms with Gasteiger partial charge in [0.2, 0.25) is 0 Å². The molecule has 0 bridgehead atoms. The van der Waals surface area contributed by atoms with E-state index in [1.165, 1.54) is 37.7 Å². The van der Waals surface area contributed by atoms with Crippen LogP contribution in [0.5, 0.6) is 0 Å². The highest BCUT2D eigenvalue weighted by atomic mass is 32.2. The number of H-pyrrole nitrogens is 1. The monoisotopic (exact) mass is 450 g/mol. The van der Waals surface area contributed by atoms with Gasteiger partial charge in [-0.05, 0) is 48.6 Å². The maximum absolute atomic E-state index is 13.0. The molecule has 32 heavy (non-hydrogen) atoms. The molecule has 2 aromatic heterocycles. The summed E-state index contributed by atoms with van der Waals surface area (Å²) >= 11 is 1.94. The zero-order chi connectivity index (χ0) is 22.7. The summed E-state index contributed by atoms with van der Waals surface area (Å²) in [5.41, 5.74) is 4.97. The molecule has 1 fully saturated rings. The first kappa shape index (κ1) is 23.0. The summed E-state index contributed by atoms with van der Waals surface area (Å²) in [6, 6.07) is 10.2. The van der Waals surface area contributed by atoms with Gasteiger partial charge in [-0.2, -0.15) is 15.4 Å². The average Bonchev–Trinajstić information content (AvgIpc) is 3.25. The second-order valence-electron chi connectivity index (χ2n) is 10.0. The Morgan fingerprint density at radius 1 is 1.09 bits per heavy atom. The van der Waals surface area contributed by atoms with Crippen molar-refractivity contribution in [1.82, 2.24) is 20.4 Å². The summed E-state index contributed by atoms with van der Waals surface area (Å²) in [4.78, 5) is 18.1. The number of fused-ring (bicyclic) bond motifs is 1.